The molecule has 0 amide bonds. The van der Waals surface area contributed by atoms with E-state index in [-0.39, 0.29) is 105 Å². The topological polar surface area (TPSA) is 323 Å². The standard InChI is InChI=1S/4C2H5O4Si.Cl2O.3Zr/c4*1-2-6-7(3,4)5;1-3-2;;;/h4*2H2,1H3;;;;/q4*-3;;3*+4. The molecule has 0 aromatic rings. The van der Waals surface area contributed by atoms with Crippen LogP contribution in [0.25, 0.3) is 0 Å². The second-order valence-corrected chi connectivity index (χ2v) is 9.41. The molecular formula is C8H20Cl2O17Si4Zr3. The van der Waals surface area contributed by atoms with Crippen molar-refractivity contribution in [2.45, 2.75) is 27.7 Å². The summed E-state index contributed by atoms with van der Waals surface area (Å²) in [6.45, 7) is 5.49. The van der Waals surface area contributed by atoms with Crippen LogP contribution in [0.5, 0.6) is 0 Å². The maximum atomic E-state index is 9.51. The summed E-state index contributed by atoms with van der Waals surface area (Å²) in [6, 6.07) is 0. The molecule has 0 radical (unpaired) electrons. The first-order valence-electron chi connectivity index (χ1n) is 7.56. The first-order valence-corrected chi connectivity index (χ1v) is 14.7. The number of hydrogen-bond donors (Lipinski definition) is 0. The van der Waals surface area contributed by atoms with Crippen molar-refractivity contribution in [2.75, 3.05) is 26.4 Å². The third kappa shape index (κ3) is 111. The van der Waals surface area contributed by atoms with Crippen molar-refractivity contribution in [3.63, 3.8) is 0 Å². The normalized spacial score (nSPS) is 10.4. The summed E-state index contributed by atoms with van der Waals surface area (Å²) in [5, 5.41) is 0. The Bertz CT molecular complexity index is 296. The minimum absolute atomic E-state index is 0. The summed E-state index contributed by atoms with van der Waals surface area (Å²) >= 11 is 8.53. The Morgan fingerprint density at radius 1 is 0.412 bits per heavy atom. The Balaban J connectivity index is -0.0000000413. The molecule has 0 aromatic heterocycles. The van der Waals surface area contributed by atoms with E-state index in [0.29, 0.717) is 0 Å². The quantitative estimate of drug-likeness (QED) is 0.205. The largest absolute Gasteiger partial charge is 4.00 e. The second-order valence-electron chi connectivity index (χ2n) is 3.79. The summed E-state index contributed by atoms with van der Waals surface area (Å²) in [5.74, 6) is 0. The van der Waals surface area contributed by atoms with E-state index in [2.05, 4.69) is 45.3 Å². The van der Waals surface area contributed by atoms with Gasteiger partial charge in [-0.05, 0) is 27.7 Å². The van der Waals surface area contributed by atoms with Crippen LogP contribution in [0.15, 0.2) is 0 Å². The molecule has 0 atom stereocenters. The van der Waals surface area contributed by atoms with Crippen molar-refractivity contribution in [1.82, 2.24) is 0 Å². The van der Waals surface area contributed by atoms with Crippen LogP contribution in [0.2, 0.25) is 0 Å². The van der Waals surface area contributed by atoms with Crippen LogP contribution < -0.4 is 57.5 Å². The minimum Gasteiger partial charge on any atom is -0.861 e. The van der Waals surface area contributed by atoms with Crippen molar-refractivity contribution in [3.8, 4) is 0 Å². The molecule has 0 aromatic carbocycles. The fraction of sp³-hybridized carbons (Fsp3) is 1.00. The molecule has 0 unspecified atom stereocenters. The number of hydrogen-bond acceptors (Lipinski definition) is 17. The SMILES string of the molecule is CCO[Si]([O-])([O-])[O-].CCO[Si]([O-])([O-])[O-].CCO[Si]([O-])([O-])[O-].CCO[Si]([O-])([O-])[O-].ClOCl.[Zr+4].[Zr+4].[Zr+4]. The van der Waals surface area contributed by atoms with E-state index in [1.54, 1.807) is 0 Å². The van der Waals surface area contributed by atoms with E-state index in [4.69, 9.17) is 0 Å². The van der Waals surface area contributed by atoms with Crippen molar-refractivity contribution >= 4 is 59.9 Å². The molecule has 0 heterocycles. The molecular weight excluding hydrogens is 825 g/mol. The van der Waals surface area contributed by atoms with Crippen LogP contribution in [0.4, 0.5) is 0 Å². The monoisotopic (exact) mass is 840 g/mol. The summed E-state index contributed by atoms with van der Waals surface area (Å²) in [7, 11) is -19.6. The molecule has 0 saturated carbocycles. The maximum absolute atomic E-state index is 9.51. The molecule has 26 heteroatoms. The van der Waals surface area contributed by atoms with Gasteiger partial charge in [-0.25, -0.2) is 0 Å². The van der Waals surface area contributed by atoms with Crippen LogP contribution in [0.3, 0.4) is 0 Å². The van der Waals surface area contributed by atoms with Crippen LogP contribution in [-0.2, 0) is 100 Å². The van der Waals surface area contributed by atoms with Gasteiger partial charge in [0.1, 0.15) is 0 Å². The Morgan fingerprint density at radius 2 is 0.500 bits per heavy atom. The summed E-state index contributed by atoms with van der Waals surface area (Å²) < 4.78 is 18.0. The van der Waals surface area contributed by atoms with Gasteiger partial charge in [-0.2, -0.15) is 3.84 Å². The van der Waals surface area contributed by atoms with E-state index in [1.807, 2.05) is 0 Å². The van der Waals surface area contributed by atoms with Gasteiger partial charge in [0.25, 0.3) is 0 Å². The van der Waals surface area contributed by atoms with Crippen LogP contribution in [-0.4, -0.2) is 62.6 Å². The zero-order valence-electron chi connectivity index (χ0n) is 18.0. The molecule has 0 saturated heterocycles. The fourth-order valence-electron chi connectivity index (χ4n) is 0.707. The summed E-state index contributed by atoms with van der Waals surface area (Å²) in [4.78, 5) is 114. The van der Waals surface area contributed by atoms with E-state index in [0.717, 1.165) is 0 Å². The molecule has 0 N–H and O–H groups in total. The van der Waals surface area contributed by atoms with Gasteiger partial charge in [-0.15, -0.1) is 36.2 Å². The zero-order chi connectivity index (χ0) is 26.4. The van der Waals surface area contributed by atoms with Gasteiger partial charge in [-0.1, -0.05) is 0 Å². The predicted octanol–water partition coefficient (Wildman–Crippen LogP) is -12.5. The Morgan fingerprint density at radius 3 is 0.500 bits per heavy atom. The molecule has 0 aliphatic heterocycles. The second kappa shape index (κ2) is 34.4. The van der Waals surface area contributed by atoms with Crippen molar-refractivity contribution < 1.29 is 158 Å². The van der Waals surface area contributed by atoms with Gasteiger partial charge in [0, 0.05) is 26.4 Å². The zero-order valence-corrected chi connectivity index (χ0v) is 30.9. The molecule has 0 aliphatic rings. The third-order valence-electron chi connectivity index (χ3n) is 1.28. The summed E-state index contributed by atoms with van der Waals surface area (Å²) in [5.41, 5.74) is 0. The maximum Gasteiger partial charge on any atom is 4.00 e. The molecule has 0 aliphatic carbocycles. The first kappa shape index (κ1) is 57.3. The molecule has 0 spiro atoms. The van der Waals surface area contributed by atoms with E-state index in [1.165, 1.54) is 27.7 Å². The van der Waals surface area contributed by atoms with Crippen LogP contribution >= 0.6 is 23.7 Å². The average molecular weight is 845 g/mol. The molecule has 34 heavy (non-hydrogen) atoms. The van der Waals surface area contributed by atoms with Gasteiger partial charge in [0.2, 0.25) is 0 Å². The van der Waals surface area contributed by atoms with Crippen molar-refractivity contribution in [3.05, 3.63) is 0 Å². The van der Waals surface area contributed by atoms with Crippen molar-refractivity contribution in [1.29, 1.82) is 0 Å². The Labute approximate surface area is 269 Å². The van der Waals surface area contributed by atoms with E-state index < -0.39 is 36.2 Å². The fourth-order valence-corrected chi connectivity index (χ4v) is 2.12. The van der Waals surface area contributed by atoms with Gasteiger partial charge in [0.05, 0.1) is 23.7 Å². The van der Waals surface area contributed by atoms with E-state index in [9.17, 15) is 57.5 Å². The molecule has 196 valence electrons. The molecule has 0 bridgehead atoms. The Hall–Kier alpha value is 3.42. The van der Waals surface area contributed by atoms with Gasteiger partial charge >= 0.3 is 78.6 Å². The molecule has 17 nitrogen and oxygen atoms in total. The average Bonchev–Trinajstić information content (AvgIpc) is 2.44. The van der Waals surface area contributed by atoms with Crippen molar-refractivity contribution in [2.24, 2.45) is 0 Å². The smallest absolute Gasteiger partial charge is 0.861 e. The summed E-state index contributed by atoms with van der Waals surface area (Å²) in [6.07, 6.45) is 0. The van der Waals surface area contributed by atoms with Gasteiger partial charge in [0.15, 0.2) is 0 Å². The first-order chi connectivity index (χ1) is 13.7. The Kier molecular flexibility index (Phi) is 58.1. The van der Waals surface area contributed by atoms with Crippen LogP contribution in [0.1, 0.15) is 27.7 Å². The third-order valence-corrected chi connectivity index (χ3v) is 3.85. The molecule has 0 rings (SSSR count). The van der Waals surface area contributed by atoms with E-state index >= 15 is 0 Å². The molecule has 0 fully saturated rings. The number of halogens is 2. The predicted molar refractivity (Wildman–Crippen MR) is 82.3 cm³/mol. The number of rotatable bonds is 8. The van der Waals surface area contributed by atoms with Gasteiger partial charge in [-0.3, -0.25) is 0 Å². The van der Waals surface area contributed by atoms with Crippen LogP contribution in [0, 0.1) is 0 Å². The van der Waals surface area contributed by atoms with Gasteiger partial charge < -0.3 is 75.3 Å². The minimum atomic E-state index is -4.91.